The molecule has 3 rings (SSSR count). The highest BCUT2D eigenvalue weighted by molar-refractivity contribution is 6.45. The number of benzene rings is 1. The van der Waals surface area contributed by atoms with E-state index in [2.05, 4.69) is 5.32 Å². The molecule has 1 aromatic rings. The lowest BCUT2D eigenvalue weighted by atomic mass is 9.85. The molecule has 7 nitrogen and oxygen atoms in total. The van der Waals surface area contributed by atoms with Crippen LogP contribution in [0.4, 0.5) is 14.9 Å². The summed E-state index contributed by atoms with van der Waals surface area (Å²) >= 11 is 5.65. The Morgan fingerprint density at radius 3 is 2.59 bits per heavy atom. The van der Waals surface area contributed by atoms with Gasteiger partial charge in [0.05, 0.1) is 5.69 Å². The number of carbonyl (C=O) groups is 4. The molecule has 0 aromatic heterocycles. The van der Waals surface area contributed by atoms with Gasteiger partial charge < -0.3 is 5.32 Å². The van der Waals surface area contributed by atoms with E-state index in [1.54, 1.807) is 0 Å². The van der Waals surface area contributed by atoms with Gasteiger partial charge in [-0.2, -0.15) is 0 Å². The van der Waals surface area contributed by atoms with Crippen molar-refractivity contribution < 1.29 is 23.6 Å². The van der Waals surface area contributed by atoms with Crippen LogP contribution in [0.25, 0.3) is 0 Å². The SMILES string of the molecule is C[C@@H]1CCCC[C@H]1N1C(=O)C(=O)N(CC(=O)Nc2ccc(Cl)cc2F)C1=O. The molecule has 1 heterocycles. The van der Waals surface area contributed by atoms with Crippen molar-refractivity contribution >= 4 is 41.0 Å². The van der Waals surface area contributed by atoms with E-state index in [9.17, 15) is 23.6 Å². The van der Waals surface area contributed by atoms with E-state index < -0.39 is 36.1 Å². The van der Waals surface area contributed by atoms with Crippen LogP contribution in [0.15, 0.2) is 18.2 Å². The van der Waals surface area contributed by atoms with Crippen molar-refractivity contribution in [3.63, 3.8) is 0 Å². The standard InChI is InChI=1S/C18H19ClFN3O4/c1-10-4-2-3-5-14(10)23-17(26)16(25)22(18(23)27)9-15(24)21-13-7-6-11(19)8-12(13)20/h6-8,10,14H,2-5,9H2,1H3,(H,21,24)/t10-,14-/m1/s1. The van der Waals surface area contributed by atoms with Crippen LogP contribution >= 0.6 is 11.6 Å². The Kier molecular flexibility index (Phi) is 5.46. The highest BCUT2D eigenvalue weighted by Gasteiger charge is 2.49. The molecular formula is C18H19ClFN3O4. The van der Waals surface area contributed by atoms with Gasteiger partial charge in [-0.05, 0) is 37.0 Å². The molecular weight excluding hydrogens is 377 g/mol. The molecule has 2 atom stereocenters. The first-order chi connectivity index (χ1) is 12.8. The number of carbonyl (C=O) groups excluding carboxylic acids is 4. The van der Waals surface area contributed by atoms with E-state index >= 15 is 0 Å². The summed E-state index contributed by atoms with van der Waals surface area (Å²) in [5, 5.41) is 2.44. The number of halogens is 2. The summed E-state index contributed by atoms with van der Waals surface area (Å²) in [5.74, 6) is -3.39. The summed E-state index contributed by atoms with van der Waals surface area (Å²) in [6, 6.07) is 2.55. The molecule has 1 aromatic carbocycles. The number of anilines is 1. The molecule has 1 saturated heterocycles. The Bertz CT molecular complexity index is 816. The number of rotatable bonds is 4. The first-order valence-electron chi connectivity index (χ1n) is 8.73. The maximum atomic E-state index is 13.8. The molecule has 27 heavy (non-hydrogen) atoms. The largest absolute Gasteiger partial charge is 0.334 e. The number of nitrogens with one attached hydrogen (secondary N) is 1. The number of nitrogens with zero attached hydrogens (tertiary/aromatic N) is 2. The molecule has 0 spiro atoms. The van der Waals surface area contributed by atoms with Gasteiger partial charge in [0.1, 0.15) is 12.4 Å². The highest BCUT2D eigenvalue weighted by atomic mass is 35.5. The second-order valence-electron chi connectivity index (χ2n) is 6.85. The normalized spacial score (nSPS) is 23.1. The topological polar surface area (TPSA) is 86.8 Å². The van der Waals surface area contributed by atoms with E-state index in [1.807, 2.05) is 6.92 Å². The molecule has 0 unspecified atom stereocenters. The molecule has 9 heteroatoms. The Hall–Kier alpha value is -2.48. The third-order valence-corrected chi connectivity index (χ3v) is 5.22. The van der Waals surface area contributed by atoms with Gasteiger partial charge in [-0.15, -0.1) is 0 Å². The average Bonchev–Trinajstić information content (AvgIpc) is 2.82. The highest BCUT2D eigenvalue weighted by Crippen LogP contribution is 2.31. The number of imide groups is 2. The van der Waals surface area contributed by atoms with Crippen LogP contribution in [-0.4, -0.2) is 46.1 Å². The Labute approximate surface area is 160 Å². The molecule has 1 N–H and O–H groups in total. The van der Waals surface area contributed by atoms with Crippen LogP contribution in [0.1, 0.15) is 32.6 Å². The van der Waals surface area contributed by atoms with E-state index in [4.69, 9.17) is 11.6 Å². The minimum Gasteiger partial charge on any atom is -0.322 e. The maximum Gasteiger partial charge on any atom is 0.334 e. The third kappa shape index (κ3) is 3.80. The lowest BCUT2D eigenvalue weighted by Crippen LogP contribution is -2.46. The molecule has 5 amide bonds. The fourth-order valence-electron chi connectivity index (χ4n) is 3.56. The molecule has 0 bridgehead atoms. The Morgan fingerprint density at radius 1 is 1.22 bits per heavy atom. The number of amides is 5. The van der Waals surface area contributed by atoms with E-state index in [1.165, 1.54) is 12.1 Å². The lowest BCUT2D eigenvalue weighted by molar-refractivity contribution is -0.145. The van der Waals surface area contributed by atoms with Crippen molar-refractivity contribution in [2.45, 2.75) is 38.6 Å². The number of hydrogen-bond acceptors (Lipinski definition) is 4. The van der Waals surface area contributed by atoms with Crippen LogP contribution in [0.3, 0.4) is 0 Å². The van der Waals surface area contributed by atoms with Gasteiger partial charge in [0, 0.05) is 11.1 Å². The van der Waals surface area contributed by atoms with E-state index in [0.29, 0.717) is 11.3 Å². The van der Waals surface area contributed by atoms with Crippen molar-refractivity contribution in [1.29, 1.82) is 0 Å². The summed E-state index contributed by atoms with van der Waals surface area (Å²) in [6.45, 7) is 1.27. The smallest absolute Gasteiger partial charge is 0.322 e. The summed E-state index contributed by atoms with van der Waals surface area (Å²) < 4.78 is 13.8. The van der Waals surface area contributed by atoms with E-state index in [-0.39, 0.29) is 22.7 Å². The van der Waals surface area contributed by atoms with Gasteiger partial charge >= 0.3 is 17.8 Å². The summed E-state index contributed by atoms with van der Waals surface area (Å²) in [7, 11) is 0. The van der Waals surface area contributed by atoms with Crippen LogP contribution < -0.4 is 5.32 Å². The average molecular weight is 396 g/mol. The van der Waals surface area contributed by atoms with Crippen molar-refractivity contribution in [2.75, 3.05) is 11.9 Å². The summed E-state index contributed by atoms with van der Waals surface area (Å²) in [5.41, 5.74) is -0.132. The second-order valence-corrected chi connectivity index (χ2v) is 7.29. The molecule has 1 aliphatic heterocycles. The molecule has 1 saturated carbocycles. The molecule has 144 valence electrons. The molecule has 2 fully saturated rings. The van der Waals surface area contributed by atoms with Gasteiger partial charge in [-0.3, -0.25) is 19.3 Å². The fraction of sp³-hybridized carbons (Fsp3) is 0.444. The quantitative estimate of drug-likeness (QED) is 0.627. The fourth-order valence-corrected chi connectivity index (χ4v) is 3.72. The van der Waals surface area contributed by atoms with Crippen molar-refractivity contribution in [3.05, 3.63) is 29.0 Å². The zero-order chi connectivity index (χ0) is 19.7. The van der Waals surface area contributed by atoms with E-state index in [0.717, 1.165) is 30.2 Å². The van der Waals surface area contributed by atoms with Crippen molar-refractivity contribution in [1.82, 2.24) is 9.80 Å². The summed E-state index contributed by atoms with van der Waals surface area (Å²) in [6.07, 6.45) is 3.39. The minimum absolute atomic E-state index is 0.0939. The van der Waals surface area contributed by atoms with Gasteiger partial charge in [0.25, 0.3) is 0 Å². The first-order valence-corrected chi connectivity index (χ1v) is 9.11. The minimum atomic E-state index is -1.04. The molecule has 0 radical (unpaired) electrons. The van der Waals surface area contributed by atoms with Gasteiger partial charge in [-0.1, -0.05) is 31.4 Å². The van der Waals surface area contributed by atoms with Gasteiger partial charge in [0.15, 0.2) is 0 Å². The van der Waals surface area contributed by atoms with Crippen LogP contribution in [-0.2, 0) is 14.4 Å². The van der Waals surface area contributed by atoms with Gasteiger partial charge in [0.2, 0.25) is 5.91 Å². The zero-order valence-corrected chi connectivity index (χ0v) is 15.5. The maximum absolute atomic E-state index is 13.8. The monoisotopic (exact) mass is 395 g/mol. The van der Waals surface area contributed by atoms with Crippen LogP contribution in [0, 0.1) is 11.7 Å². The predicted octanol–water partition coefficient (Wildman–Crippen LogP) is 2.79. The van der Waals surface area contributed by atoms with Gasteiger partial charge in [-0.25, -0.2) is 14.1 Å². The van der Waals surface area contributed by atoms with Crippen LogP contribution in [0.2, 0.25) is 5.02 Å². The molecule has 2 aliphatic rings. The summed E-state index contributed by atoms with van der Waals surface area (Å²) in [4.78, 5) is 50.9. The zero-order valence-electron chi connectivity index (χ0n) is 14.7. The first kappa shape index (κ1) is 19.3. The van der Waals surface area contributed by atoms with Crippen LogP contribution in [0.5, 0.6) is 0 Å². The second kappa shape index (κ2) is 7.64. The Morgan fingerprint density at radius 2 is 1.93 bits per heavy atom. The van der Waals surface area contributed by atoms with Crippen molar-refractivity contribution in [3.8, 4) is 0 Å². The third-order valence-electron chi connectivity index (χ3n) is 4.99. The Balaban J connectivity index is 1.71. The van der Waals surface area contributed by atoms with Crippen molar-refractivity contribution in [2.24, 2.45) is 5.92 Å². The predicted molar refractivity (Wildman–Crippen MR) is 95.4 cm³/mol. The lowest BCUT2D eigenvalue weighted by Gasteiger charge is -2.34. The molecule has 1 aliphatic carbocycles. The number of urea groups is 1. The number of hydrogen-bond donors (Lipinski definition) is 1.